The average molecular weight is 899 g/mol. The van der Waals surface area contributed by atoms with Gasteiger partial charge >= 0.3 is 44.2 Å². The summed E-state index contributed by atoms with van der Waals surface area (Å²) >= 11 is 0. The fourth-order valence-corrected chi connectivity index (χ4v) is 7.63. The van der Waals surface area contributed by atoms with Crippen LogP contribution in [-0.2, 0) is 20.2 Å². The second-order valence-electron chi connectivity index (χ2n) is 13.3. The molecule has 0 saturated heterocycles. The summed E-state index contributed by atoms with van der Waals surface area (Å²) in [4.78, 5) is 51.9. The number of esters is 2. The lowest BCUT2D eigenvalue weighted by atomic mass is 10.1. The highest BCUT2D eigenvalue weighted by Gasteiger charge is 2.19. The first-order valence-electron chi connectivity index (χ1n) is 18.9. The summed E-state index contributed by atoms with van der Waals surface area (Å²) in [5.74, 6) is -1.53. The van der Waals surface area contributed by atoms with Gasteiger partial charge in [0.2, 0.25) is 0 Å². The van der Waals surface area contributed by atoms with Gasteiger partial charge in [0.25, 0.3) is 0 Å². The Kier molecular flexibility index (Phi) is 13.3. The number of hydrogen-bond donors (Lipinski definition) is 4. The third-order valence-corrected chi connectivity index (χ3v) is 11.1. The first-order valence-corrected chi connectivity index (χ1v) is 21.7. The molecule has 16 nitrogen and oxygen atoms in total. The SMILES string of the molecule is O=C(Nc1cccc(OC(=O)c2cccc(C(=O)Oc3cccc(NC(=O)Nc4cccc(OS(=O)(=O)c5ccccc5)c4)c3)c2)c1)Nc1cccc(OS(=O)(=O)c2ccccc2)c1. The van der Waals surface area contributed by atoms with E-state index in [1.807, 2.05) is 0 Å². The van der Waals surface area contributed by atoms with E-state index in [2.05, 4.69) is 21.3 Å². The van der Waals surface area contributed by atoms with Crippen LogP contribution in [0, 0.1) is 0 Å². The highest BCUT2D eigenvalue weighted by Crippen LogP contribution is 2.26. The summed E-state index contributed by atoms with van der Waals surface area (Å²) in [5, 5.41) is 10.4. The van der Waals surface area contributed by atoms with E-state index < -0.39 is 44.2 Å². The van der Waals surface area contributed by atoms with Gasteiger partial charge in [0, 0.05) is 47.0 Å². The second kappa shape index (κ2) is 19.5. The van der Waals surface area contributed by atoms with Crippen molar-refractivity contribution in [3.05, 3.63) is 193 Å². The summed E-state index contributed by atoms with van der Waals surface area (Å²) in [7, 11) is -8.21. The van der Waals surface area contributed by atoms with Crippen LogP contribution >= 0.6 is 0 Å². The molecule has 322 valence electrons. The van der Waals surface area contributed by atoms with Crippen molar-refractivity contribution < 1.29 is 53.9 Å². The Bertz CT molecular complexity index is 2880. The molecule has 0 saturated carbocycles. The van der Waals surface area contributed by atoms with Crippen molar-refractivity contribution in [2.24, 2.45) is 0 Å². The first kappa shape index (κ1) is 43.6. The van der Waals surface area contributed by atoms with Crippen LogP contribution in [0.2, 0.25) is 0 Å². The third-order valence-electron chi connectivity index (χ3n) is 8.60. The molecule has 7 aromatic rings. The van der Waals surface area contributed by atoms with Crippen molar-refractivity contribution in [1.82, 2.24) is 0 Å². The first-order chi connectivity index (χ1) is 30.8. The minimum atomic E-state index is -4.10. The lowest BCUT2D eigenvalue weighted by molar-refractivity contribution is 0.0734. The number of carbonyl (C=O) groups excluding carboxylic acids is 4. The van der Waals surface area contributed by atoms with Gasteiger partial charge in [-0.3, -0.25) is 0 Å². The Hall–Kier alpha value is -8.48. The molecule has 0 heterocycles. The molecule has 0 unspecified atom stereocenters. The van der Waals surface area contributed by atoms with Gasteiger partial charge in [0.05, 0.1) is 11.1 Å². The Morgan fingerprint density at radius 3 is 1.02 bits per heavy atom. The van der Waals surface area contributed by atoms with Crippen LogP contribution in [0.4, 0.5) is 32.3 Å². The maximum atomic E-state index is 13.2. The van der Waals surface area contributed by atoms with Gasteiger partial charge in [0.1, 0.15) is 32.8 Å². The minimum Gasteiger partial charge on any atom is -0.423 e. The topological polar surface area (TPSA) is 222 Å². The van der Waals surface area contributed by atoms with E-state index in [0.717, 1.165) is 0 Å². The molecule has 0 aliphatic rings. The molecular formula is C46H34N4O12S2. The molecular weight excluding hydrogens is 865 g/mol. The van der Waals surface area contributed by atoms with Crippen LogP contribution in [0.3, 0.4) is 0 Å². The maximum absolute atomic E-state index is 13.2. The fraction of sp³-hybridized carbons (Fsp3) is 0. The Labute approximate surface area is 366 Å². The van der Waals surface area contributed by atoms with Crippen molar-refractivity contribution in [3.8, 4) is 23.0 Å². The summed E-state index contributed by atoms with van der Waals surface area (Å²) < 4.78 is 71.9. The molecule has 0 fully saturated rings. The lowest BCUT2D eigenvalue weighted by Gasteiger charge is -2.11. The van der Waals surface area contributed by atoms with Crippen molar-refractivity contribution in [3.63, 3.8) is 0 Å². The smallest absolute Gasteiger partial charge is 0.343 e. The third kappa shape index (κ3) is 11.9. The predicted octanol–water partition coefficient (Wildman–Crippen LogP) is 8.95. The number of urea groups is 2. The highest BCUT2D eigenvalue weighted by atomic mass is 32.2. The zero-order valence-electron chi connectivity index (χ0n) is 33.0. The molecule has 4 N–H and O–H groups in total. The standard InChI is InChI=1S/C46H34N4O12S2/c51-43(59-37-18-8-14-33(27-37)47-45(53)49-35-16-10-20-39(29-35)61-63(55,56)41-22-3-1-4-23-41)31-12-7-13-32(26-31)44(52)60-38-19-9-15-34(28-38)48-46(54)50-36-17-11-21-40(30-36)62-64(57,58)42-24-5-2-6-25-42/h1-30H,(H2,47,49,53)(H2,48,50,54). The summed E-state index contributed by atoms with van der Waals surface area (Å²) in [6.45, 7) is 0. The number of ether oxygens (including phenoxy) is 2. The van der Waals surface area contributed by atoms with Gasteiger partial charge in [-0.15, -0.1) is 0 Å². The Balaban J connectivity index is 0.910. The zero-order chi connectivity index (χ0) is 45.1. The molecule has 7 aromatic carbocycles. The molecule has 0 atom stereocenters. The number of nitrogens with one attached hydrogen (secondary N) is 4. The molecule has 64 heavy (non-hydrogen) atoms. The van der Waals surface area contributed by atoms with Crippen LogP contribution in [0.25, 0.3) is 0 Å². The Morgan fingerprint density at radius 2 is 0.656 bits per heavy atom. The summed E-state index contributed by atoms with van der Waals surface area (Å²) in [6, 6.07) is 43.0. The second-order valence-corrected chi connectivity index (χ2v) is 16.4. The van der Waals surface area contributed by atoms with Crippen LogP contribution in [0.15, 0.2) is 192 Å². The summed E-state index contributed by atoms with van der Waals surface area (Å²) in [6.07, 6.45) is 0. The van der Waals surface area contributed by atoms with Crippen molar-refractivity contribution in [2.75, 3.05) is 21.3 Å². The van der Waals surface area contributed by atoms with Crippen LogP contribution in [0.1, 0.15) is 20.7 Å². The molecule has 0 aliphatic heterocycles. The van der Waals surface area contributed by atoms with Crippen LogP contribution in [0.5, 0.6) is 23.0 Å². The van der Waals surface area contributed by atoms with E-state index in [-0.39, 0.29) is 66.7 Å². The van der Waals surface area contributed by atoms with E-state index in [1.165, 1.54) is 133 Å². The van der Waals surface area contributed by atoms with Gasteiger partial charge in [-0.2, -0.15) is 16.8 Å². The van der Waals surface area contributed by atoms with E-state index in [1.54, 1.807) is 48.5 Å². The molecule has 0 bridgehead atoms. The largest absolute Gasteiger partial charge is 0.423 e. The van der Waals surface area contributed by atoms with Crippen molar-refractivity contribution in [2.45, 2.75) is 9.79 Å². The minimum absolute atomic E-state index is 0.0150. The van der Waals surface area contributed by atoms with Crippen molar-refractivity contribution in [1.29, 1.82) is 0 Å². The Morgan fingerprint density at radius 1 is 0.344 bits per heavy atom. The number of hydrogen-bond acceptors (Lipinski definition) is 12. The van der Waals surface area contributed by atoms with Crippen LogP contribution < -0.4 is 39.1 Å². The van der Waals surface area contributed by atoms with Gasteiger partial charge < -0.3 is 39.1 Å². The number of benzene rings is 7. The molecule has 18 heteroatoms. The maximum Gasteiger partial charge on any atom is 0.343 e. The quantitative estimate of drug-likeness (QED) is 0.0456. The number of amides is 4. The number of carbonyl (C=O) groups is 4. The van der Waals surface area contributed by atoms with Gasteiger partial charge in [-0.25, -0.2) is 19.2 Å². The van der Waals surface area contributed by atoms with Crippen molar-refractivity contribution >= 4 is 67.0 Å². The monoisotopic (exact) mass is 898 g/mol. The molecule has 0 aromatic heterocycles. The predicted molar refractivity (Wildman–Crippen MR) is 236 cm³/mol. The van der Waals surface area contributed by atoms with Gasteiger partial charge in [-0.1, -0.05) is 66.7 Å². The van der Waals surface area contributed by atoms with Gasteiger partial charge in [0.15, 0.2) is 0 Å². The molecule has 0 aliphatic carbocycles. The lowest BCUT2D eigenvalue weighted by Crippen LogP contribution is -2.19. The van der Waals surface area contributed by atoms with E-state index >= 15 is 0 Å². The zero-order valence-corrected chi connectivity index (χ0v) is 34.7. The van der Waals surface area contributed by atoms with E-state index in [0.29, 0.717) is 0 Å². The number of rotatable bonds is 14. The highest BCUT2D eigenvalue weighted by molar-refractivity contribution is 7.87. The average Bonchev–Trinajstić information content (AvgIpc) is 3.27. The fourth-order valence-electron chi connectivity index (χ4n) is 5.74. The van der Waals surface area contributed by atoms with E-state index in [4.69, 9.17) is 17.8 Å². The molecule has 0 spiro atoms. The molecule has 4 amide bonds. The van der Waals surface area contributed by atoms with Gasteiger partial charge in [-0.05, 0) is 91.0 Å². The molecule has 0 radical (unpaired) electrons. The normalized spacial score (nSPS) is 11.0. The van der Waals surface area contributed by atoms with E-state index in [9.17, 15) is 36.0 Å². The number of anilines is 4. The van der Waals surface area contributed by atoms with Crippen LogP contribution in [-0.4, -0.2) is 40.8 Å². The summed E-state index contributed by atoms with van der Waals surface area (Å²) in [5.41, 5.74) is 1.01. The molecule has 7 rings (SSSR count).